The summed E-state index contributed by atoms with van der Waals surface area (Å²) in [4.78, 5) is 14.4. The van der Waals surface area contributed by atoms with Gasteiger partial charge in [0.1, 0.15) is 5.82 Å². The Morgan fingerprint density at radius 2 is 1.30 bits per heavy atom. The molecule has 224 valence electrons. The summed E-state index contributed by atoms with van der Waals surface area (Å²) in [5.74, 6) is -0.234. The number of likely N-dealkylation sites (tertiary alicyclic amines) is 1. The summed E-state index contributed by atoms with van der Waals surface area (Å²) in [5.41, 5.74) is 13.0. The Bertz CT molecular complexity index is 1700. The number of hydrogen-bond donors (Lipinski definition) is 0. The molecular weight excluding hydrogens is 543 g/mol. The van der Waals surface area contributed by atoms with Crippen LogP contribution in [0.15, 0.2) is 97.3 Å². The summed E-state index contributed by atoms with van der Waals surface area (Å²) in [6.45, 7) is 12.5. The molecule has 0 radical (unpaired) electrons. The summed E-state index contributed by atoms with van der Waals surface area (Å²) in [5, 5.41) is 0. The van der Waals surface area contributed by atoms with E-state index >= 15 is 0 Å². The van der Waals surface area contributed by atoms with Crippen molar-refractivity contribution in [2.75, 3.05) is 18.0 Å². The second-order valence-corrected chi connectivity index (χ2v) is 12.3. The number of rotatable bonds is 8. The number of halogens is 1. The first-order valence-electron chi connectivity index (χ1n) is 15.6. The highest BCUT2D eigenvalue weighted by Crippen LogP contribution is 2.29. The Morgan fingerprint density at radius 1 is 0.705 bits per heavy atom. The lowest BCUT2D eigenvalue weighted by Crippen LogP contribution is -2.44. The molecule has 3 aromatic carbocycles. The molecule has 0 amide bonds. The van der Waals surface area contributed by atoms with Crippen LogP contribution < -0.4 is 4.90 Å². The lowest BCUT2D eigenvalue weighted by atomic mass is 9.98. The van der Waals surface area contributed by atoms with Crippen molar-refractivity contribution in [1.82, 2.24) is 14.9 Å². The minimum absolute atomic E-state index is 0.234. The highest BCUT2D eigenvalue weighted by atomic mass is 19.1. The summed E-state index contributed by atoms with van der Waals surface area (Å²) in [6, 6.07) is 29.1. The number of piperidine rings is 1. The summed E-state index contributed by atoms with van der Waals surface area (Å²) in [7, 11) is 0. The molecule has 1 saturated heterocycles. The number of hydrogen-bond acceptors (Lipinski definition) is 4. The first kappa shape index (κ1) is 29.7. The summed E-state index contributed by atoms with van der Waals surface area (Å²) in [6.07, 6.45) is 6.01. The Morgan fingerprint density at radius 3 is 1.95 bits per heavy atom. The van der Waals surface area contributed by atoms with Crippen molar-refractivity contribution in [2.45, 2.75) is 59.7 Å². The van der Waals surface area contributed by atoms with Gasteiger partial charge in [-0.2, -0.15) is 0 Å². The molecule has 0 saturated carbocycles. The van der Waals surface area contributed by atoms with Gasteiger partial charge in [-0.25, -0.2) is 4.39 Å². The number of aryl methyl sites for hydroxylation is 3. The molecule has 4 nitrogen and oxygen atoms in total. The zero-order chi connectivity index (χ0) is 30.6. The predicted molar refractivity (Wildman–Crippen MR) is 179 cm³/mol. The second-order valence-electron chi connectivity index (χ2n) is 12.3. The van der Waals surface area contributed by atoms with Gasteiger partial charge in [-0.1, -0.05) is 17.7 Å². The van der Waals surface area contributed by atoms with Gasteiger partial charge in [0.25, 0.3) is 0 Å². The normalized spacial score (nSPS) is 14.1. The third-order valence-electron chi connectivity index (χ3n) is 9.13. The van der Waals surface area contributed by atoms with E-state index in [2.05, 4.69) is 103 Å². The van der Waals surface area contributed by atoms with E-state index in [1.165, 1.54) is 56.8 Å². The SMILES string of the molecule is Cc1ccc(N(Cc2ccnc(-c3ccc(F)cc3)c2)C2CCN(Cc3ccnc(-c4cc(C)c(C)c(C)c4)c3)CC2)cc1. The Kier molecular flexibility index (Phi) is 8.85. The molecular formula is C39H41FN4. The predicted octanol–water partition coefficient (Wildman–Crippen LogP) is 8.85. The molecule has 0 atom stereocenters. The number of pyridine rings is 2. The van der Waals surface area contributed by atoms with Gasteiger partial charge in [-0.3, -0.25) is 14.9 Å². The lowest BCUT2D eigenvalue weighted by Gasteiger charge is -2.40. The fraction of sp³-hybridized carbons (Fsp3) is 0.282. The topological polar surface area (TPSA) is 32.3 Å². The van der Waals surface area contributed by atoms with Crippen LogP contribution in [0.5, 0.6) is 0 Å². The van der Waals surface area contributed by atoms with Crippen molar-refractivity contribution in [1.29, 1.82) is 0 Å². The van der Waals surface area contributed by atoms with Crippen molar-refractivity contribution < 1.29 is 4.39 Å². The Hall–Kier alpha value is -4.35. The van der Waals surface area contributed by atoms with E-state index < -0.39 is 0 Å². The van der Waals surface area contributed by atoms with Gasteiger partial charge < -0.3 is 4.90 Å². The molecule has 1 aliphatic heterocycles. The minimum Gasteiger partial charge on any atom is -0.364 e. The van der Waals surface area contributed by atoms with Crippen LogP contribution in [0.3, 0.4) is 0 Å². The van der Waals surface area contributed by atoms with Crippen LogP contribution in [0.2, 0.25) is 0 Å². The molecule has 5 aromatic rings. The smallest absolute Gasteiger partial charge is 0.123 e. The van der Waals surface area contributed by atoms with E-state index in [1.54, 1.807) is 12.1 Å². The number of benzene rings is 3. The summed E-state index contributed by atoms with van der Waals surface area (Å²) < 4.78 is 13.5. The van der Waals surface area contributed by atoms with Crippen LogP contribution in [0.4, 0.5) is 10.1 Å². The monoisotopic (exact) mass is 584 g/mol. The average molecular weight is 585 g/mol. The van der Waals surface area contributed by atoms with Crippen molar-refractivity contribution >= 4 is 5.69 Å². The van der Waals surface area contributed by atoms with Gasteiger partial charge in [0.2, 0.25) is 0 Å². The quantitative estimate of drug-likeness (QED) is 0.182. The van der Waals surface area contributed by atoms with Gasteiger partial charge in [-0.15, -0.1) is 0 Å². The largest absolute Gasteiger partial charge is 0.364 e. The first-order valence-corrected chi connectivity index (χ1v) is 15.6. The Balaban J connectivity index is 1.16. The standard InChI is InChI=1S/C39H41FN4/c1-27-5-11-36(12-6-27)44(26-32-14-18-41-38(24-32)33-7-9-35(40)10-8-33)37-15-19-43(20-16-37)25-31-13-17-42-39(23-31)34-21-28(2)30(4)29(3)22-34/h5-14,17-18,21-24,37H,15-16,19-20,25-26H2,1-4H3. The second kappa shape index (κ2) is 13.1. The molecule has 5 heteroatoms. The third kappa shape index (κ3) is 6.89. The third-order valence-corrected chi connectivity index (χ3v) is 9.13. The maximum absolute atomic E-state index is 13.5. The maximum Gasteiger partial charge on any atom is 0.123 e. The lowest BCUT2D eigenvalue weighted by molar-refractivity contribution is 0.201. The van der Waals surface area contributed by atoms with Crippen molar-refractivity contribution in [3.8, 4) is 22.5 Å². The molecule has 3 heterocycles. The van der Waals surface area contributed by atoms with Gasteiger partial charge >= 0.3 is 0 Å². The van der Waals surface area contributed by atoms with E-state index in [-0.39, 0.29) is 5.82 Å². The molecule has 0 spiro atoms. The maximum atomic E-state index is 13.5. The zero-order valence-electron chi connectivity index (χ0n) is 26.2. The zero-order valence-corrected chi connectivity index (χ0v) is 26.2. The molecule has 6 rings (SSSR count). The molecule has 0 bridgehead atoms. The van der Waals surface area contributed by atoms with E-state index in [4.69, 9.17) is 4.98 Å². The molecule has 0 N–H and O–H groups in total. The number of nitrogens with zero attached hydrogens (tertiary/aromatic N) is 4. The fourth-order valence-electron chi connectivity index (χ4n) is 6.28. The van der Waals surface area contributed by atoms with Crippen LogP contribution in [0.25, 0.3) is 22.5 Å². The molecule has 0 aliphatic carbocycles. The van der Waals surface area contributed by atoms with E-state index in [0.717, 1.165) is 56.0 Å². The van der Waals surface area contributed by atoms with E-state index in [0.29, 0.717) is 6.04 Å². The van der Waals surface area contributed by atoms with Gasteiger partial charge in [-0.05, 0) is 141 Å². The van der Waals surface area contributed by atoms with E-state index in [9.17, 15) is 4.39 Å². The van der Waals surface area contributed by atoms with Crippen molar-refractivity contribution in [3.05, 3.63) is 137 Å². The molecule has 0 unspecified atom stereocenters. The average Bonchev–Trinajstić information content (AvgIpc) is 3.04. The highest BCUT2D eigenvalue weighted by molar-refractivity contribution is 5.63. The fourth-order valence-corrected chi connectivity index (χ4v) is 6.28. The van der Waals surface area contributed by atoms with Gasteiger partial charge in [0, 0.05) is 61.4 Å². The first-order chi connectivity index (χ1) is 21.3. The van der Waals surface area contributed by atoms with Crippen LogP contribution in [0.1, 0.15) is 46.2 Å². The molecule has 1 aliphatic rings. The van der Waals surface area contributed by atoms with E-state index in [1.807, 2.05) is 12.4 Å². The van der Waals surface area contributed by atoms with Gasteiger partial charge in [0.05, 0.1) is 11.4 Å². The van der Waals surface area contributed by atoms with Crippen molar-refractivity contribution in [3.63, 3.8) is 0 Å². The highest BCUT2D eigenvalue weighted by Gasteiger charge is 2.25. The molecule has 44 heavy (non-hydrogen) atoms. The van der Waals surface area contributed by atoms with Crippen LogP contribution >= 0.6 is 0 Å². The Labute approximate surface area is 261 Å². The molecule has 1 fully saturated rings. The number of aromatic nitrogens is 2. The summed E-state index contributed by atoms with van der Waals surface area (Å²) >= 11 is 0. The molecule has 2 aromatic heterocycles. The van der Waals surface area contributed by atoms with Gasteiger partial charge in [0.15, 0.2) is 0 Å². The van der Waals surface area contributed by atoms with Crippen LogP contribution in [0, 0.1) is 33.5 Å². The van der Waals surface area contributed by atoms with Crippen LogP contribution in [-0.2, 0) is 13.1 Å². The minimum atomic E-state index is -0.234. The van der Waals surface area contributed by atoms with Crippen LogP contribution in [-0.4, -0.2) is 34.0 Å². The van der Waals surface area contributed by atoms with Crippen molar-refractivity contribution in [2.24, 2.45) is 0 Å². The number of anilines is 1.